The van der Waals surface area contributed by atoms with E-state index >= 15 is 0 Å². The first-order chi connectivity index (χ1) is 9.63. The van der Waals surface area contributed by atoms with Gasteiger partial charge >= 0.3 is 0 Å². The first kappa shape index (κ1) is 12.8. The van der Waals surface area contributed by atoms with Crippen molar-refractivity contribution in [2.45, 2.75) is 26.9 Å². The Kier molecular flexibility index (Phi) is 3.23. The van der Waals surface area contributed by atoms with Gasteiger partial charge in [0.1, 0.15) is 5.76 Å². The molecule has 0 aliphatic heterocycles. The average molecular weight is 271 g/mol. The Labute approximate surface area is 116 Å². The Morgan fingerprint density at radius 3 is 2.80 bits per heavy atom. The second-order valence-electron chi connectivity index (χ2n) is 4.89. The van der Waals surface area contributed by atoms with E-state index in [1.54, 1.807) is 10.9 Å². The highest BCUT2D eigenvalue weighted by Gasteiger charge is 2.07. The van der Waals surface area contributed by atoms with Crippen LogP contribution in [0.1, 0.15) is 22.9 Å². The van der Waals surface area contributed by atoms with E-state index in [0.717, 1.165) is 34.6 Å². The van der Waals surface area contributed by atoms with Crippen molar-refractivity contribution in [2.24, 2.45) is 7.05 Å². The molecule has 3 heterocycles. The van der Waals surface area contributed by atoms with Crippen LogP contribution in [0.15, 0.2) is 22.9 Å². The van der Waals surface area contributed by atoms with Crippen molar-refractivity contribution in [2.75, 3.05) is 0 Å². The summed E-state index contributed by atoms with van der Waals surface area (Å²) in [5, 5.41) is 8.77. The fraction of sp³-hybridized carbons (Fsp3) is 0.357. The topological polar surface area (TPSA) is 68.8 Å². The summed E-state index contributed by atoms with van der Waals surface area (Å²) in [6, 6.07) is 2.12. The van der Waals surface area contributed by atoms with Crippen LogP contribution in [0.2, 0.25) is 0 Å². The van der Waals surface area contributed by atoms with Crippen molar-refractivity contribution in [3.63, 3.8) is 0 Å². The molecule has 1 N–H and O–H groups in total. The van der Waals surface area contributed by atoms with E-state index < -0.39 is 0 Å². The van der Waals surface area contributed by atoms with Gasteiger partial charge < -0.3 is 9.73 Å². The molecule has 0 aliphatic carbocycles. The van der Waals surface area contributed by atoms with Crippen molar-refractivity contribution in [1.82, 2.24) is 25.1 Å². The summed E-state index contributed by atoms with van der Waals surface area (Å²) < 4.78 is 7.21. The SMILES string of the molecule is Cc1cnc(CNCc2cnc3c(c2)c(C)nn3C)o1. The van der Waals surface area contributed by atoms with Crippen LogP contribution in [0.5, 0.6) is 0 Å². The highest BCUT2D eigenvalue weighted by molar-refractivity contribution is 5.78. The molecule has 104 valence electrons. The molecule has 0 saturated carbocycles. The summed E-state index contributed by atoms with van der Waals surface area (Å²) in [5.74, 6) is 1.53. The molecule has 0 atom stereocenters. The van der Waals surface area contributed by atoms with Crippen molar-refractivity contribution < 1.29 is 4.42 Å². The Morgan fingerprint density at radius 2 is 2.05 bits per heavy atom. The van der Waals surface area contributed by atoms with E-state index in [1.165, 1.54) is 0 Å². The second kappa shape index (κ2) is 5.05. The largest absolute Gasteiger partial charge is 0.445 e. The summed E-state index contributed by atoms with van der Waals surface area (Å²) in [6.07, 6.45) is 3.60. The van der Waals surface area contributed by atoms with Crippen LogP contribution < -0.4 is 5.32 Å². The normalized spacial score (nSPS) is 11.3. The minimum atomic E-state index is 0.609. The Hall–Kier alpha value is -2.21. The standard InChI is InChI=1S/C14H17N5O/c1-9-5-16-13(20-9)8-15-6-11-4-12-10(2)18-19(3)14(12)17-7-11/h4-5,7,15H,6,8H2,1-3H3. The quantitative estimate of drug-likeness (QED) is 0.784. The Bertz CT molecular complexity index is 743. The van der Waals surface area contributed by atoms with Crippen LogP contribution >= 0.6 is 0 Å². The molecule has 3 aromatic rings. The fourth-order valence-electron chi connectivity index (χ4n) is 2.24. The number of oxazole rings is 1. The number of hydrogen-bond acceptors (Lipinski definition) is 5. The molecule has 6 nitrogen and oxygen atoms in total. The summed E-state index contributed by atoms with van der Waals surface area (Å²) >= 11 is 0. The van der Waals surface area contributed by atoms with Crippen LogP contribution in [-0.2, 0) is 20.1 Å². The average Bonchev–Trinajstić information content (AvgIpc) is 2.95. The minimum Gasteiger partial charge on any atom is -0.445 e. The summed E-state index contributed by atoms with van der Waals surface area (Å²) in [5.41, 5.74) is 3.03. The molecular formula is C14H17N5O. The molecule has 0 radical (unpaired) electrons. The van der Waals surface area contributed by atoms with Crippen molar-refractivity contribution in [3.05, 3.63) is 41.4 Å². The molecule has 0 saturated heterocycles. The molecule has 0 aromatic carbocycles. The maximum absolute atomic E-state index is 5.41. The molecule has 20 heavy (non-hydrogen) atoms. The molecule has 0 unspecified atom stereocenters. The van der Waals surface area contributed by atoms with E-state index in [0.29, 0.717) is 12.4 Å². The van der Waals surface area contributed by atoms with E-state index in [2.05, 4.69) is 26.4 Å². The third kappa shape index (κ3) is 2.42. The molecule has 0 fully saturated rings. The summed E-state index contributed by atoms with van der Waals surface area (Å²) in [7, 11) is 1.91. The predicted molar refractivity (Wildman–Crippen MR) is 75.0 cm³/mol. The van der Waals surface area contributed by atoms with Gasteiger partial charge in [-0.1, -0.05) is 0 Å². The molecular weight excluding hydrogens is 254 g/mol. The van der Waals surface area contributed by atoms with E-state index in [-0.39, 0.29) is 0 Å². The summed E-state index contributed by atoms with van der Waals surface area (Å²) in [4.78, 5) is 8.61. The van der Waals surface area contributed by atoms with Gasteiger partial charge in [-0.25, -0.2) is 9.97 Å². The lowest BCUT2D eigenvalue weighted by Crippen LogP contribution is -2.13. The number of nitrogens with one attached hydrogen (secondary N) is 1. The smallest absolute Gasteiger partial charge is 0.208 e. The molecule has 0 bridgehead atoms. The Morgan fingerprint density at radius 1 is 1.20 bits per heavy atom. The van der Waals surface area contributed by atoms with Gasteiger partial charge in [0.05, 0.1) is 18.4 Å². The van der Waals surface area contributed by atoms with Crippen molar-refractivity contribution >= 4 is 11.0 Å². The zero-order valence-corrected chi connectivity index (χ0v) is 11.8. The molecule has 3 aromatic heterocycles. The van der Waals surface area contributed by atoms with Crippen LogP contribution in [-0.4, -0.2) is 19.7 Å². The second-order valence-corrected chi connectivity index (χ2v) is 4.89. The lowest BCUT2D eigenvalue weighted by atomic mass is 10.2. The van der Waals surface area contributed by atoms with E-state index in [1.807, 2.05) is 27.1 Å². The van der Waals surface area contributed by atoms with Gasteiger partial charge in [0, 0.05) is 25.2 Å². The van der Waals surface area contributed by atoms with Crippen molar-refractivity contribution in [3.8, 4) is 0 Å². The molecule has 6 heteroatoms. The number of hydrogen-bond donors (Lipinski definition) is 1. The van der Waals surface area contributed by atoms with Crippen LogP contribution in [0.25, 0.3) is 11.0 Å². The van der Waals surface area contributed by atoms with E-state index in [4.69, 9.17) is 4.42 Å². The molecule has 0 aliphatic rings. The highest BCUT2D eigenvalue weighted by Crippen LogP contribution is 2.16. The van der Waals surface area contributed by atoms with Gasteiger partial charge in [-0.2, -0.15) is 5.10 Å². The number of rotatable bonds is 4. The van der Waals surface area contributed by atoms with Crippen LogP contribution in [0.4, 0.5) is 0 Å². The predicted octanol–water partition coefficient (Wildman–Crippen LogP) is 1.86. The fourth-order valence-corrected chi connectivity index (χ4v) is 2.24. The van der Waals surface area contributed by atoms with Crippen LogP contribution in [0.3, 0.4) is 0 Å². The third-order valence-electron chi connectivity index (χ3n) is 3.19. The van der Waals surface area contributed by atoms with Crippen molar-refractivity contribution in [1.29, 1.82) is 0 Å². The maximum atomic E-state index is 5.41. The van der Waals surface area contributed by atoms with Gasteiger partial charge in [0.15, 0.2) is 5.65 Å². The molecule has 0 amide bonds. The maximum Gasteiger partial charge on any atom is 0.208 e. The van der Waals surface area contributed by atoms with Gasteiger partial charge in [-0.15, -0.1) is 0 Å². The first-order valence-electron chi connectivity index (χ1n) is 6.54. The van der Waals surface area contributed by atoms with E-state index in [9.17, 15) is 0 Å². The third-order valence-corrected chi connectivity index (χ3v) is 3.19. The number of aryl methyl sites for hydroxylation is 3. The highest BCUT2D eigenvalue weighted by atomic mass is 16.4. The number of aromatic nitrogens is 4. The number of pyridine rings is 1. The lowest BCUT2D eigenvalue weighted by Gasteiger charge is -2.03. The van der Waals surface area contributed by atoms with Gasteiger partial charge in [0.2, 0.25) is 5.89 Å². The van der Waals surface area contributed by atoms with Gasteiger partial charge in [-0.3, -0.25) is 4.68 Å². The first-order valence-corrected chi connectivity index (χ1v) is 6.54. The molecule has 3 rings (SSSR count). The number of nitrogens with zero attached hydrogens (tertiary/aromatic N) is 4. The number of fused-ring (bicyclic) bond motifs is 1. The molecule has 0 spiro atoms. The zero-order valence-electron chi connectivity index (χ0n) is 11.8. The minimum absolute atomic E-state index is 0.609. The van der Waals surface area contributed by atoms with Gasteiger partial charge in [0.25, 0.3) is 0 Å². The van der Waals surface area contributed by atoms with Crippen LogP contribution in [0, 0.1) is 13.8 Å². The summed E-state index contributed by atoms with van der Waals surface area (Å²) in [6.45, 7) is 5.22. The lowest BCUT2D eigenvalue weighted by molar-refractivity contribution is 0.449. The zero-order chi connectivity index (χ0) is 14.1. The van der Waals surface area contributed by atoms with Gasteiger partial charge in [-0.05, 0) is 25.5 Å². The Balaban J connectivity index is 1.70. The monoisotopic (exact) mass is 271 g/mol.